The summed E-state index contributed by atoms with van der Waals surface area (Å²) in [5.74, 6) is 3.44. The molecule has 0 amide bonds. The van der Waals surface area contributed by atoms with Crippen LogP contribution in [0.25, 0.3) is 0 Å². The molecule has 1 fully saturated rings. The minimum absolute atomic E-state index is 0.195. The number of hydrogen-bond acceptors (Lipinski definition) is 5. The topological polar surface area (TPSA) is 46.2 Å². The van der Waals surface area contributed by atoms with E-state index in [-0.39, 0.29) is 12.2 Å². The molecule has 150 valence electrons. The lowest BCUT2D eigenvalue weighted by Gasteiger charge is -2.41. The summed E-state index contributed by atoms with van der Waals surface area (Å²) in [5.41, 5.74) is 3.38. The van der Waals surface area contributed by atoms with Gasteiger partial charge in [0.1, 0.15) is 17.6 Å². The van der Waals surface area contributed by atoms with Gasteiger partial charge in [0.05, 0.1) is 34.5 Å². The van der Waals surface area contributed by atoms with Gasteiger partial charge >= 0.3 is 0 Å². The number of fused-ring (bicyclic) bond motifs is 3. The molecule has 0 radical (unpaired) electrons. The van der Waals surface area contributed by atoms with E-state index in [0.29, 0.717) is 11.7 Å². The molecule has 4 rings (SSSR count). The van der Waals surface area contributed by atoms with E-state index in [0.717, 1.165) is 41.2 Å². The van der Waals surface area contributed by atoms with Crippen molar-refractivity contribution in [3.8, 4) is 23.0 Å². The van der Waals surface area contributed by atoms with Gasteiger partial charge in [-0.3, -0.25) is 0 Å². The highest BCUT2D eigenvalue weighted by molar-refractivity contribution is 5.55. The molecule has 1 aliphatic heterocycles. The summed E-state index contributed by atoms with van der Waals surface area (Å²) in [6.07, 6.45) is 4.59. The molecule has 0 spiro atoms. The van der Waals surface area contributed by atoms with Gasteiger partial charge in [-0.15, -0.1) is 0 Å². The Kier molecular flexibility index (Phi) is 5.36. The van der Waals surface area contributed by atoms with Crippen LogP contribution >= 0.6 is 0 Å². The van der Waals surface area contributed by atoms with Gasteiger partial charge in [0.2, 0.25) is 0 Å². The van der Waals surface area contributed by atoms with Crippen molar-refractivity contribution in [2.75, 3.05) is 28.4 Å². The largest absolute Gasteiger partial charge is 0.497 e. The molecular weight excluding hydrogens is 356 g/mol. The summed E-state index contributed by atoms with van der Waals surface area (Å²) in [4.78, 5) is 0. The minimum atomic E-state index is -0.237. The van der Waals surface area contributed by atoms with E-state index in [9.17, 15) is 0 Å². The average molecular weight is 384 g/mol. The molecule has 5 nitrogen and oxygen atoms in total. The molecule has 0 N–H and O–H groups in total. The van der Waals surface area contributed by atoms with Gasteiger partial charge in [0, 0.05) is 11.5 Å². The number of hydrogen-bond donors (Lipinski definition) is 0. The number of benzene rings is 2. The summed E-state index contributed by atoms with van der Waals surface area (Å²) >= 11 is 0. The van der Waals surface area contributed by atoms with Crippen molar-refractivity contribution in [3.63, 3.8) is 0 Å². The fraction of sp³-hybridized carbons (Fsp3) is 0.478. The molecule has 0 aromatic heterocycles. The summed E-state index contributed by atoms with van der Waals surface area (Å²) in [6.45, 7) is 0. The average Bonchev–Trinajstić information content (AvgIpc) is 2.76. The molecule has 0 saturated heterocycles. The van der Waals surface area contributed by atoms with Gasteiger partial charge in [0.15, 0.2) is 11.5 Å². The standard InChI is InChI=1S/C23H28O5/c1-24-14-9-10-19(25-2)18(11-14)23-17-13-22(27-4)21(26-3)12-16(17)15-7-5-6-8-20(15)28-23/h9-13,15,20,23H,5-8H2,1-4H3/t15-,20-,23+/m1/s1. The quantitative estimate of drug-likeness (QED) is 0.736. The second-order valence-electron chi connectivity index (χ2n) is 7.39. The fourth-order valence-electron chi connectivity index (χ4n) is 4.61. The first-order valence-electron chi connectivity index (χ1n) is 9.83. The van der Waals surface area contributed by atoms with Crippen molar-refractivity contribution in [1.82, 2.24) is 0 Å². The van der Waals surface area contributed by atoms with E-state index < -0.39 is 0 Å². The van der Waals surface area contributed by atoms with Crippen LogP contribution in [-0.2, 0) is 4.74 Å². The zero-order valence-electron chi connectivity index (χ0n) is 17.0. The van der Waals surface area contributed by atoms with Crippen molar-refractivity contribution in [1.29, 1.82) is 0 Å². The van der Waals surface area contributed by atoms with Crippen LogP contribution in [0.2, 0.25) is 0 Å². The third-order valence-corrected chi connectivity index (χ3v) is 6.00. The van der Waals surface area contributed by atoms with Gasteiger partial charge in [0.25, 0.3) is 0 Å². The van der Waals surface area contributed by atoms with Gasteiger partial charge in [-0.1, -0.05) is 12.8 Å². The molecule has 0 bridgehead atoms. The summed E-state index contributed by atoms with van der Waals surface area (Å²) in [5, 5.41) is 0. The molecule has 2 aliphatic rings. The second kappa shape index (κ2) is 7.92. The molecule has 28 heavy (non-hydrogen) atoms. The fourth-order valence-corrected chi connectivity index (χ4v) is 4.61. The molecule has 1 aliphatic carbocycles. The van der Waals surface area contributed by atoms with Crippen molar-refractivity contribution in [3.05, 3.63) is 47.0 Å². The highest BCUT2D eigenvalue weighted by Crippen LogP contribution is 2.51. The Morgan fingerprint density at radius 1 is 0.714 bits per heavy atom. The Labute approximate surface area is 166 Å². The summed E-state index contributed by atoms with van der Waals surface area (Å²) in [7, 11) is 6.71. The SMILES string of the molecule is COc1ccc(OC)c([C@H]2O[C@@H]3CCCC[C@@H]3c3cc(OC)c(OC)cc32)c1. The van der Waals surface area contributed by atoms with E-state index in [1.165, 1.54) is 18.4 Å². The Morgan fingerprint density at radius 3 is 2.07 bits per heavy atom. The predicted molar refractivity (Wildman–Crippen MR) is 107 cm³/mol. The van der Waals surface area contributed by atoms with E-state index in [1.54, 1.807) is 28.4 Å². The van der Waals surface area contributed by atoms with Crippen LogP contribution in [0.1, 0.15) is 54.4 Å². The number of methoxy groups -OCH3 is 4. The zero-order valence-corrected chi connectivity index (χ0v) is 17.0. The van der Waals surface area contributed by atoms with E-state index in [4.69, 9.17) is 23.7 Å². The zero-order chi connectivity index (χ0) is 19.7. The van der Waals surface area contributed by atoms with Crippen LogP contribution in [-0.4, -0.2) is 34.5 Å². The van der Waals surface area contributed by atoms with Crippen LogP contribution in [0.15, 0.2) is 30.3 Å². The lowest BCUT2D eigenvalue weighted by Crippen LogP contribution is -2.34. The maximum Gasteiger partial charge on any atom is 0.161 e. The van der Waals surface area contributed by atoms with Crippen molar-refractivity contribution < 1.29 is 23.7 Å². The van der Waals surface area contributed by atoms with E-state index >= 15 is 0 Å². The number of ether oxygens (including phenoxy) is 5. The lowest BCUT2D eigenvalue weighted by molar-refractivity contribution is -0.0399. The molecule has 5 heteroatoms. The molecular formula is C23H28O5. The van der Waals surface area contributed by atoms with Crippen molar-refractivity contribution in [2.45, 2.75) is 43.8 Å². The summed E-state index contributed by atoms with van der Waals surface area (Å²) < 4.78 is 29.0. The summed E-state index contributed by atoms with van der Waals surface area (Å²) in [6, 6.07) is 10.0. The van der Waals surface area contributed by atoms with E-state index in [2.05, 4.69) is 12.1 Å². The highest BCUT2D eigenvalue weighted by atomic mass is 16.5. The van der Waals surface area contributed by atoms with Gasteiger partial charge < -0.3 is 23.7 Å². The highest BCUT2D eigenvalue weighted by Gasteiger charge is 2.39. The van der Waals surface area contributed by atoms with Crippen molar-refractivity contribution >= 4 is 0 Å². The minimum Gasteiger partial charge on any atom is -0.497 e. The monoisotopic (exact) mass is 384 g/mol. The molecule has 2 aromatic carbocycles. The number of rotatable bonds is 5. The van der Waals surface area contributed by atoms with E-state index in [1.807, 2.05) is 18.2 Å². The Balaban J connectivity index is 1.90. The van der Waals surface area contributed by atoms with Crippen molar-refractivity contribution in [2.24, 2.45) is 0 Å². The molecule has 0 unspecified atom stereocenters. The molecule has 2 aromatic rings. The molecule has 1 heterocycles. The Bertz CT molecular complexity index is 847. The smallest absolute Gasteiger partial charge is 0.161 e. The third kappa shape index (κ3) is 3.18. The third-order valence-electron chi connectivity index (χ3n) is 6.00. The first-order valence-corrected chi connectivity index (χ1v) is 9.83. The van der Waals surface area contributed by atoms with Crippen LogP contribution in [0.5, 0.6) is 23.0 Å². The van der Waals surface area contributed by atoms with Crippen LogP contribution in [0, 0.1) is 0 Å². The van der Waals surface area contributed by atoms with Crippen LogP contribution in [0.3, 0.4) is 0 Å². The lowest BCUT2D eigenvalue weighted by atomic mass is 9.75. The van der Waals surface area contributed by atoms with Gasteiger partial charge in [-0.05, 0) is 54.3 Å². The Hall–Kier alpha value is -2.40. The van der Waals surface area contributed by atoms with Gasteiger partial charge in [-0.2, -0.15) is 0 Å². The normalized spacial score (nSPS) is 23.4. The second-order valence-corrected chi connectivity index (χ2v) is 7.39. The first-order chi connectivity index (χ1) is 13.7. The maximum absolute atomic E-state index is 6.69. The maximum atomic E-state index is 6.69. The van der Waals surface area contributed by atoms with Gasteiger partial charge in [-0.25, -0.2) is 0 Å². The van der Waals surface area contributed by atoms with Crippen LogP contribution in [0.4, 0.5) is 0 Å². The predicted octanol–water partition coefficient (Wildman–Crippen LogP) is 4.87. The van der Waals surface area contributed by atoms with Crippen LogP contribution < -0.4 is 18.9 Å². The Morgan fingerprint density at radius 2 is 1.39 bits per heavy atom. The molecule has 3 atom stereocenters. The first kappa shape index (κ1) is 18.9. The molecule has 1 saturated carbocycles.